The van der Waals surface area contributed by atoms with Gasteiger partial charge in [-0.3, -0.25) is 9.69 Å². The van der Waals surface area contributed by atoms with E-state index in [2.05, 4.69) is 0 Å². The molecule has 32 heavy (non-hydrogen) atoms. The number of hydrogen-bond acceptors (Lipinski definition) is 5. The van der Waals surface area contributed by atoms with Crippen molar-refractivity contribution in [2.45, 2.75) is 50.6 Å². The summed E-state index contributed by atoms with van der Waals surface area (Å²) in [5.41, 5.74) is -2.54. The number of halogens is 5. The zero-order valence-corrected chi connectivity index (χ0v) is 19.8. The van der Waals surface area contributed by atoms with Gasteiger partial charge in [0.15, 0.2) is 0 Å². The fourth-order valence-electron chi connectivity index (χ4n) is 3.14. The second-order valence-electron chi connectivity index (χ2n) is 8.40. The van der Waals surface area contributed by atoms with Crippen LogP contribution in [0, 0.1) is 0 Å². The molecule has 0 saturated heterocycles. The molecular weight excluding hydrogens is 476 g/mol. The average molecular weight is 503 g/mol. The van der Waals surface area contributed by atoms with Gasteiger partial charge in [0.2, 0.25) is 0 Å². The first kappa shape index (κ1) is 28.3. The first-order valence-electron chi connectivity index (χ1n) is 9.48. The van der Waals surface area contributed by atoms with Crippen molar-refractivity contribution in [2.24, 2.45) is 0 Å². The fourth-order valence-corrected chi connectivity index (χ4v) is 3.43. The van der Waals surface area contributed by atoms with E-state index in [0.717, 1.165) is 11.9 Å². The summed E-state index contributed by atoms with van der Waals surface area (Å²) in [4.78, 5) is 26.2. The van der Waals surface area contributed by atoms with E-state index in [1.54, 1.807) is 20.8 Å². The average Bonchev–Trinajstić information content (AvgIpc) is 2.65. The van der Waals surface area contributed by atoms with Crippen LogP contribution >= 0.6 is 23.2 Å². The number of aliphatic hydroxyl groups is 2. The van der Waals surface area contributed by atoms with E-state index in [1.807, 2.05) is 0 Å². The Kier molecular flexibility index (Phi) is 9.24. The van der Waals surface area contributed by atoms with Crippen LogP contribution in [0.5, 0.6) is 0 Å². The predicted molar refractivity (Wildman–Crippen MR) is 114 cm³/mol. The summed E-state index contributed by atoms with van der Waals surface area (Å²) < 4.78 is 44.6. The summed E-state index contributed by atoms with van der Waals surface area (Å²) in [5.74, 6) is -2.15. The van der Waals surface area contributed by atoms with Gasteiger partial charge in [0.25, 0.3) is 0 Å². The maximum absolute atomic E-state index is 13.1. The minimum Gasteiger partial charge on any atom is -0.444 e. The van der Waals surface area contributed by atoms with Crippen LogP contribution in [-0.4, -0.2) is 77.1 Å². The minimum atomic E-state index is -5.17. The quantitative estimate of drug-likeness (QED) is 0.591. The van der Waals surface area contributed by atoms with E-state index in [1.165, 1.54) is 25.2 Å². The molecule has 0 aliphatic rings. The SMILES string of the molecule is CN(CC(CC(O)CO)(c1ccc(Cl)c(Cl)c1)N(C)C(=O)OC(C)(C)C)C(=O)C(F)(F)F. The molecule has 0 radical (unpaired) electrons. The summed E-state index contributed by atoms with van der Waals surface area (Å²) in [7, 11) is 2.17. The van der Waals surface area contributed by atoms with Crippen molar-refractivity contribution >= 4 is 35.2 Å². The van der Waals surface area contributed by atoms with Gasteiger partial charge in [-0.15, -0.1) is 0 Å². The molecule has 0 spiro atoms. The third-order valence-corrected chi connectivity index (χ3v) is 5.38. The van der Waals surface area contributed by atoms with Crippen molar-refractivity contribution in [3.63, 3.8) is 0 Å². The molecule has 1 aromatic carbocycles. The number of hydrogen-bond donors (Lipinski definition) is 2. The number of aliphatic hydroxyl groups excluding tert-OH is 2. The van der Waals surface area contributed by atoms with E-state index in [-0.39, 0.29) is 15.6 Å². The van der Waals surface area contributed by atoms with Crippen molar-refractivity contribution < 1.29 is 37.7 Å². The van der Waals surface area contributed by atoms with Crippen LogP contribution < -0.4 is 0 Å². The minimum absolute atomic E-state index is 0.0365. The summed E-state index contributed by atoms with van der Waals surface area (Å²) in [6.45, 7) is 3.35. The monoisotopic (exact) mass is 502 g/mol. The van der Waals surface area contributed by atoms with Gasteiger partial charge < -0.3 is 19.8 Å². The van der Waals surface area contributed by atoms with Gasteiger partial charge in [0.05, 0.1) is 28.3 Å². The van der Waals surface area contributed by atoms with Gasteiger partial charge in [0.1, 0.15) is 5.60 Å². The third kappa shape index (κ3) is 7.13. The number of rotatable bonds is 7. The van der Waals surface area contributed by atoms with Gasteiger partial charge in [-0.05, 0) is 38.5 Å². The summed E-state index contributed by atoms with van der Waals surface area (Å²) in [6, 6.07) is 4.10. The standard InChI is InChI=1S/C20H27Cl2F3N2O5/c1-18(2,3)32-17(31)27(5)19(9-13(29)10-28,11-26(4)16(30)20(23,24)25)12-6-7-14(21)15(22)8-12/h6-8,13,28-29H,9-11H2,1-5H3. The normalized spacial score (nSPS) is 15.0. The van der Waals surface area contributed by atoms with E-state index in [0.29, 0.717) is 4.90 Å². The topological polar surface area (TPSA) is 90.3 Å². The van der Waals surface area contributed by atoms with Crippen molar-refractivity contribution in [3.05, 3.63) is 33.8 Å². The Morgan fingerprint density at radius 2 is 1.69 bits per heavy atom. The molecular formula is C20H27Cl2F3N2O5. The van der Waals surface area contributed by atoms with Crippen LogP contribution in [0.1, 0.15) is 32.8 Å². The second kappa shape index (κ2) is 10.5. The number of likely N-dealkylation sites (N-methyl/N-ethyl adjacent to an activating group) is 2. The second-order valence-corrected chi connectivity index (χ2v) is 9.21. The van der Waals surface area contributed by atoms with Gasteiger partial charge in [-0.1, -0.05) is 29.3 Å². The van der Waals surface area contributed by atoms with Crippen LogP contribution in [0.15, 0.2) is 18.2 Å². The molecule has 1 aromatic rings. The molecule has 0 heterocycles. The molecule has 12 heteroatoms. The Hall–Kier alpha value is -1.75. The molecule has 0 aliphatic carbocycles. The predicted octanol–water partition coefficient (Wildman–Crippen LogP) is 3.82. The number of alkyl halides is 3. The lowest BCUT2D eigenvalue weighted by atomic mass is 9.82. The molecule has 0 fully saturated rings. The van der Waals surface area contributed by atoms with E-state index >= 15 is 0 Å². The van der Waals surface area contributed by atoms with Crippen molar-refractivity contribution in [1.82, 2.24) is 9.80 Å². The molecule has 0 aliphatic heterocycles. The number of benzene rings is 1. The first-order chi connectivity index (χ1) is 14.4. The third-order valence-electron chi connectivity index (χ3n) is 4.64. The Labute approximate surface area is 194 Å². The lowest BCUT2D eigenvalue weighted by molar-refractivity contribution is -0.186. The van der Waals surface area contributed by atoms with Crippen LogP contribution in [-0.2, 0) is 15.1 Å². The Bertz CT molecular complexity index is 832. The fraction of sp³-hybridized carbons (Fsp3) is 0.600. The number of nitrogens with zero attached hydrogens (tertiary/aromatic N) is 2. The molecule has 2 N–H and O–H groups in total. The number of ether oxygens (including phenoxy) is 1. The Balaban J connectivity index is 3.71. The lowest BCUT2D eigenvalue weighted by Gasteiger charge is -2.45. The number of carbonyl (C=O) groups is 2. The highest BCUT2D eigenvalue weighted by Gasteiger charge is 2.48. The highest BCUT2D eigenvalue weighted by atomic mass is 35.5. The molecule has 2 amide bonds. The van der Waals surface area contributed by atoms with Crippen LogP contribution in [0.25, 0.3) is 0 Å². The van der Waals surface area contributed by atoms with Gasteiger partial charge in [-0.2, -0.15) is 13.2 Å². The zero-order valence-electron chi connectivity index (χ0n) is 18.3. The Morgan fingerprint density at radius 3 is 2.12 bits per heavy atom. The zero-order chi connectivity index (χ0) is 25.1. The smallest absolute Gasteiger partial charge is 0.444 e. The highest BCUT2D eigenvalue weighted by Crippen LogP contribution is 2.38. The van der Waals surface area contributed by atoms with Crippen LogP contribution in [0.2, 0.25) is 10.0 Å². The molecule has 0 bridgehead atoms. The van der Waals surface area contributed by atoms with Crippen molar-refractivity contribution in [3.8, 4) is 0 Å². The lowest BCUT2D eigenvalue weighted by Crippen LogP contribution is -2.57. The van der Waals surface area contributed by atoms with Crippen LogP contribution in [0.3, 0.4) is 0 Å². The Morgan fingerprint density at radius 1 is 1.12 bits per heavy atom. The molecule has 0 aromatic heterocycles. The molecule has 1 rings (SSSR count). The largest absolute Gasteiger partial charge is 0.471 e. The summed E-state index contributed by atoms with van der Waals surface area (Å²) in [5, 5.41) is 19.9. The maximum Gasteiger partial charge on any atom is 0.471 e. The van der Waals surface area contributed by atoms with Crippen molar-refractivity contribution in [1.29, 1.82) is 0 Å². The number of carbonyl (C=O) groups excluding carboxylic acids is 2. The summed E-state index contributed by atoms with van der Waals surface area (Å²) >= 11 is 12.1. The van der Waals surface area contributed by atoms with E-state index < -0.39 is 55.0 Å². The van der Waals surface area contributed by atoms with Gasteiger partial charge in [0, 0.05) is 27.1 Å². The molecule has 7 nitrogen and oxygen atoms in total. The van der Waals surface area contributed by atoms with Crippen molar-refractivity contribution in [2.75, 3.05) is 27.2 Å². The van der Waals surface area contributed by atoms with E-state index in [9.17, 15) is 33.0 Å². The molecule has 182 valence electrons. The van der Waals surface area contributed by atoms with Gasteiger partial charge in [-0.25, -0.2) is 4.79 Å². The molecule has 2 unspecified atom stereocenters. The van der Waals surface area contributed by atoms with Gasteiger partial charge >= 0.3 is 18.2 Å². The molecule has 0 saturated carbocycles. The molecule has 2 atom stereocenters. The summed E-state index contributed by atoms with van der Waals surface area (Å²) in [6.07, 6.45) is -7.99. The number of amides is 2. The van der Waals surface area contributed by atoms with E-state index in [4.69, 9.17) is 27.9 Å². The first-order valence-corrected chi connectivity index (χ1v) is 10.2. The maximum atomic E-state index is 13.1. The highest BCUT2D eigenvalue weighted by molar-refractivity contribution is 6.42. The van der Waals surface area contributed by atoms with Crippen LogP contribution in [0.4, 0.5) is 18.0 Å².